The zero-order chi connectivity index (χ0) is 24.8. The summed E-state index contributed by atoms with van der Waals surface area (Å²) in [7, 11) is 7.24. The van der Waals surface area contributed by atoms with Gasteiger partial charge in [0.05, 0.1) is 30.0 Å². The minimum atomic E-state index is -0.159. The van der Waals surface area contributed by atoms with Gasteiger partial charge in [0.2, 0.25) is 0 Å². The van der Waals surface area contributed by atoms with Crippen LogP contribution in [-0.2, 0) is 0 Å². The third-order valence-corrected chi connectivity index (χ3v) is 6.48. The molecule has 0 spiro atoms. The maximum atomic E-state index is 13.9. The number of benzene rings is 3. The lowest BCUT2D eigenvalue weighted by Crippen LogP contribution is -2.33. The van der Waals surface area contributed by atoms with Crippen LogP contribution in [0.4, 0.5) is 5.13 Å². The summed E-state index contributed by atoms with van der Waals surface area (Å²) < 4.78 is 17.9. The van der Waals surface area contributed by atoms with E-state index in [2.05, 4.69) is 4.90 Å². The Morgan fingerprint density at radius 2 is 1.56 bits per heavy atom. The predicted octanol–water partition coefficient (Wildman–Crippen LogP) is 6.13. The molecule has 4 rings (SSSR count). The van der Waals surface area contributed by atoms with Crippen LogP contribution in [0.1, 0.15) is 16.8 Å². The number of methoxy groups -OCH3 is 2. The Labute approximate surface area is 221 Å². The van der Waals surface area contributed by atoms with E-state index in [1.165, 1.54) is 11.3 Å². The smallest absolute Gasteiger partial charge is 0.263 e. The van der Waals surface area contributed by atoms with E-state index in [0.29, 0.717) is 40.2 Å². The third-order valence-electron chi connectivity index (χ3n) is 5.43. The van der Waals surface area contributed by atoms with Crippen LogP contribution >= 0.6 is 23.7 Å². The highest BCUT2D eigenvalue weighted by molar-refractivity contribution is 7.22. The normalized spacial score (nSPS) is 10.7. The standard InChI is InChI=1S/C27H29N3O4S.ClH/c1-29(2)15-10-16-30(27-28-21-17-23(32-3)24(33-4)18-25(21)35-27)26(31)20-13-8-9-14-22(20)34-19-11-6-5-7-12-19;/h5-9,11-14,17-18H,10,15-16H2,1-4H3;1H. The second-order valence-corrected chi connectivity index (χ2v) is 9.21. The monoisotopic (exact) mass is 527 g/mol. The summed E-state index contributed by atoms with van der Waals surface area (Å²) in [6.07, 6.45) is 0.795. The fourth-order valence-corrected chi connectivity index (χ4v) is 4.68. The number of ether oxygens (including phenoxy) is 3. The molecule has 0 atom stereocenters. The van der Waals surface area contributed by atoms with E-state index in [1.54, 1.807) is 25.2 Å². The van der Waals surface area contributed by atoms with Gasteiger partial charge in [0.1, 0.15) is 11.5 Å². The molecule has 1 amide bonds. The number of aromatic nitrogens is 1. The van der Waals surface area contributed by atoms with Gasteiger partial charge < -0.3 is 19.1 Å². The van der Waals surface area contributed by atoms with Gasteiger partial charge in [-0.15, -0.1) is 12.4 Å². The lowest BCUT2D eigenvalue weighted by Gasteiger charge is -2.22. The van der Waals surface area contributed by atoms with Crippen LogP contribution < -0.4 is 19.1 Å². The molecule has 0 aliphatic carbocycles. The quantitative estimate of drug-likeness (QED) is 0.247. The Bertz CT molecular complexity index is 1260. The first kappa shape index (κ1) is 27.3. The fraction of sp³-hybridized carbons (Fsp3) is 0.259. The van der Waals surface area contributed by atoms with Crippen molar-refractivity contribution in [1.29, 1.82) is 0 Å². The molecule has 1 aromatic heterocycles. The SMILES string of the molecule is COc1cc2nc(N(CCCN(C)C)C(=O)c3ccccc3Oc3ccccc3)sc2cc1OC.Cl. The number of carbonyl (C=O) groups excluding carboxylic acids is 1. The Balaban J connectivity index is 0.00000361. The van der Waals surface area contributed by atoms with E-state index >= 15 is 0 Å². The van der Waals surface area contributed by atoms with E-state index in [9.17, 15) is 4.79 Å². The van der Waals surface area contributed by atoms with Gasteiger partial charge in [-0.1, -0.05) is 41.7 Å². The first-order valence-corrected chi connectivity index (χ1v) is 12.1. The lowest BCUT2D eigenvalue weighted by molar-refractivity contribution is 0.0984. The highest BCUT2D eigenvalue weighted by Crippen LogP contribution is 2.38. The van der Waals surface area contributed by atoms with Crippen molar-refractivity contribution in [3.05, 3.63) is 72.3 Å². The predicted molar refractivity (Wildman–Crippen MR) is 148 cm³/mol. The first-order valence-electron chi connectivity index (χ1n) is 11.3. The summed E-state index contributed by atoms with van der Waals surface area (Å²) in [6.45, 7) is 1.36. The summed E-state index contributed by atoms with van der Waals surface area (Å²) in [5.74, 6) is 2.25. The molecule has 0 aliphatic heterocycles. The largest absolute Gasteiger partial charge is 0.493 e. The molecule has 0 unspecified atom stereocenters. The summed E-state index contributed by atoms with van der Waals surface area (Å²) in [5, 5.41) is 0.619. The van der Waals surface area contributed by atoms with Crippen molar-refractivity contribution in [3.63, 3.8) is 0 Å². The van der Waals surface area contributed by atoms with Crippen molar-refractivity contribution >= 4 is 45.0 Å². The number of hydrogen-bond acceptors (Lipinski definition) is 7. The van der Waals surface area contributed by atoms with Crippen LogP contribution in [0.2, 0.25) is 0 Å². The van der Waals surface area contributed by atoms with Crippen molar-refractivity contribution in [3.8, 4) is 23.0 Å². The average molecular weight is 528 g/mol. The number of halogens is 1. The third kappa shape index (κ3) is 6.26. The van der Waals surface area contributed by atoms with E-state index in [-0.39, 0.29) is 18.3 Å². The van der Waals surface area contributed by atoms with E-state index < -0.39 is 0 Å². The molecule has 0 saturated heterocycles. The van der Waals surface area contributed by atoms with Gasteiger partial charge in [0.25, 0.3) is 5.91 Å². The van der Waals surface area contributed by atoms with Crippen molar-refractivity contribution < 1.29 is 19.0 Å². The van der Waals surface area contributed by atoms with E-state index in [4.69, 9.17) is 19.2 Å². The second-order valence-electron chi connectivity index (χ2n) is 8.20. The number of carbonyl (C=O) groups is 1. The second kappa shape index (κ2) is 12.6. The van der Waals surface area contributed by atoms with Crippen LogP contribution in [0, 0.1) is 0 Å². The number of thiazole rings is 1. The highest BCUT2D eigenvalue weighted by atomic mass is 35.5. The maximum Gasteiger partial charge on any atom is 0.263 e. The molecule has 3 aromatic carbocycles. The van der Waals surface area contributed by atoms with Crippen LogP contribution in [0.5, 0.6) is 23.0 Å². The zero-order valence-corrected chi connectivity index (χ0v) is 22.4. The Hall–Kier alpha value is -3.33. The highest BCUT2D eigenvalue weighted by Gasteiger charge is 2.25. The number of hydrogen-bond donors (Lipinski definition) is 0. The van der Waals surface area contributed by atoms with Gasteiger partial charge in [0.15, 0.2) is 16.6 Å². The Kier molecular flexibility index (Phi) is 9.52. The zero-order valence-electron chi connectivity index (χ0n) is 20.8. The summed E-state index contributed by atoms with van der Waals surface area (Å²) in [4.78, 5) is 22.5. The molecule has 190 valence electrons. The molecule has 0 radical (unpaired) electrons. The summed E-state index contributed by atoms with van der Waals surface area (Å²) in [6, 6.07) is 20.5. The molecule has 0 aliphatic rings. The molecule has 7 nitrogen and oxygen atoms in total. The van der Waals surface area contributed by atoms with Crippen molar-refractivity contribution in [2.75, 3.05) is 46.3 Å². The minimum absolute atomic E-state index is 0. The molecular weight excluding hydrogens is 498 g/mol. The molecule has 1 heterocycles. The number of amides is 1. The van der Waals surface area contributed by atoms with Gasteiger partial charge in [-0.25, -0.2) is 4.98 Å². The molecule has 0 bridgehead atoms. The molecule has 0 fully saturated rings. The topological polar surface area (TPSA) is 64.1 Å². The molecule has 0 saturated carbocycles. The van der Waals surface area contributed by atoms with Crippen LogP contribution in [0.3, 0.4) is 0 Å². The fourth-order valence-electron chi connectivity index (χ4n) is 3.68. The van der Waals surface area contributed by atoms with Crippen LogP contribution in [-0.4, -0.2) is 57.2 Å². The van der Waals surface area contributed by atoms with Crippen molar-refractivity contribution in [2.45, 2.75) is 6.42 Å². The summed E-state index contributed by atoms with van der Waals surface area (Å²) in [5.41, 5.74) is 1.23. The van der Waals surface area contributed by atoms with Gasteiger partial charge in [-0.3, -0.25) is 9.69 Å². The van der Waals surface area contributed by atoms with E-state index in [0.717, 1.165) is 23.2 Å². The van der Waals surface area contributed by atoms with E-state index in [1.807, 2.05) is 74.8 Å². The lowest BCUT2D eigenvalue weighted by atomic mass is 10.1. The number of fused-ring (bicyclic) bond motifs is 1. The average Bonchev–Trinajstić information content (AvgIpc) is 3.28. The number of para-hydroxylation sites is 2. The summed E-state index contributed by atoms with van der Waals surface area (Å²) >= 11 is 1.45. The molecule has 4 aromatic rings. The van der Waals surface area contributed by atoms with Crippen LogP contribution in [0.15, 0.2) is 66.7 Å². The molecule has 0 N–H and O–H groups in total. The van der Waals surface area contributed by atoms with Gasteiger partial charge in [0, 0.05) is 18.7 Å². The van der Waals surface area contributed by atoms with Gasteiger partial charge in [-0.05, 0) is 51.3 Å². The number of anilines is 1. The Morgan fingerprint density at radius 3 is 2.25 bits per heavy atom. The Morgan fingerprint density at radius 1 is 0.889 bits per heavy atom. The first-order chi connectivity index (χ1) is 17.0. The molecular formula is C27H30ClN3O4S. The van der Waals surface area contributed by atoms with Gasteiger partial charge >= 0.3 is 0 Å². The van der Waals surface area contributed by atoms with Gasteiger partial charge in [-0.2, -0.15) is 0 Å². The number of nitrogens with zero attached hydrogens (tertiary/aromatic N) is 3. The molecule has 36 heavy (non-hydrogen) atoms. The number of rotatable bonds is 10. The van der Waals surface area contributed by atoms with Crippen molar-refractivity contribution in [1.82, 2.24) is 9.88 Å². The van der Waals surface area contributed by atoms with Crippen molar-refractivity contribution in [2.24, 2.45) is 0 Å². The van der Waals surface area contributed by atoms with Crippen LogP contribution in [0.25, 0.3) is 10.2 Å². The maximum absolute atomic E-state index is 13.9. The molecule has 9 heteroatoms. The minimum Gasteiger partial charge on any atom is -0.493 e.